The van der Waals surface area contributed by atoms with Crippen LogP contribution in [0.3, 0.4) is 0 Å². The molecule has 2 aromatic heterocycles. The Morgan fingerprint density at radius 3 is 2.52 bits per heavy atom. The highest BCUT2D eigenvalue weighted by atomic mass is 16.2. The van der Waals surface area contributed by atoms with E-state index in [-0.39, 0.29) is 5.56 Å². The number of rotatable bonds is 7. The second-order valence-electron chi connectivity index (χ2n) is 6.71. The van der Waals surface area contributed by atoms with Gasteiger partial charge in [0.1, 0.15) is 0 Å². The molecule has 0 atom stereocenters. The van der Waals surface area contributed by atoms with Crippen molar-refractivity contribution in [3.63, 3.8) is 0 Å². The highest BCUT2D eigenvalue weighted by molar-refractivity contribution is 5.74. The molecule has 2 N–H and O–H groups in total. The van der Waals surface area contributed by atoms with E-state index in [2.05, 4.69) is 27.1 Å². The molecule has 138 valence electrons. The van der Waals surface area contributed by atoms with Crippen LogP contribution in [0.2, 0.25) is 0 Å². The molecule has 1 saturated heterocycles. The van der Waals surface area contributed by atoms with Crippen LogP contribution in [-0.4, -0.2) is 45.3 Å². The molecule has 0 bridgehead atoms. The van der Waals surface area contributed by atoms with Crippen molar-refractivity contribution in [2.45, 2.75) is 45.6 Å². The number of nitrogens with zero attached hydrogens (tertiary/aromatic N) is 4. The van der Waals surface area contributed by atoms with Crippen molar-refractivity contribution >= 4 is 17.1 Å². The Bertz CT molecular complexity index is 828. The maximum atomic E-state index is 12.4. The first-order valence-corrected chi connectivity index (χ1v) is 9.28. The lowest BCUT2D eigenvalue weighted by molar-refractivity contribution is 0.545. The predicted molar refractivity (Wildman–Crippen MR) is 99.4 cm³/mol. The molecule has 25 heavy (non-hydrogen) atoms. The van der Waals surface area contributed by atoms with E-state index in [1.54, 1.807) is 7.05 Å². The van der Waals surface area contributed by atoms with E-state index >= 15 is 0 Å². The topological polar surface area (TPSA) is 88.0 Å². The number of hydrogen-bond acceptors (Lipinski definition) is 5. The number of piperazine rings is 1. The van der Waals surface area contributed by atoms with E-state index < -0.39 is 5.69 Å². The SMILES string of the molecule is CCCCCCCn1c(N2CCNCC2)nc2c1c(=O)[nH]c(=O)n2C. The molecule has 0 aromatic carbocycles. The van der Waals surface area contributed by atoms with Gasteiger partial charge in [0.15, 0.2) is 11.2 Å². The van der Waals surface area contributed by atoms with Crippen LogP contribution in [0.5, 0.6) is 0 Å². The largest absolute Gasteiger partial charge is 0.340 e. The Kier molecular flexibility index (Phi) is 5.57. The van der Waals surface area contributed by atoms with Gasteiger partial charge in [-0.1, -0.05) is 32.6 Å². The molecule has 2 aromatic rings. The van der Waals surface area contributed by atoms with Crippen LogP contribution in [0.25, 0.3) is 11.2 Å². The summed E-state index contributed by atoms with van der Waals surface area (Å²) in [7, 11) is 1.65. The average Bonchev–Trinajstić information content (AvgIpc) is 3.00. The van der Waals surface area contributed by atoms with Crippen LogP contribution in [0.1, 0.15) is 39.0 Å². The summed E-state index contributed by atoms with van der Waals surface area (Å²) in [5.74, 6) is 0.804. The number of nitrogens with one attached hydrogen (secondary N) is 2. The predicted octanol–water partition coefficient (Wildman–Crippen LogP) is 0.803. The van der Waals surface area contributed by atoms with Crippen molar-refractivity contribution in [1.82, 2.24) is 24.4 Å². The summed E-state index contributed by atoms with van der Waals surface area (Å²) in [6.07, 6.45) is 5.80. The molecule has 0 unspecified atom stereocenters. The number of H-pyrrole nitrogens is 1. The maximum absolute atomic E-state index is 12.4. The van der Waals surface area contributed by atoms with Crippen molar-refractivity contribution in [3.05, 3.63) is 20.8 Å². The molecule has 0 saturated carbocycles. The summed E-state index contributed by atoms with van der Waals surface area (Å²) in [5, 5.41) is 3.33. The fraction of sp³-hybridized carbons (Fsp3) is 0.706. The smallest absolute Gasteiger partial charge is 0.329 e. The van der Waals surface area contributed by atoms with Gasteiger partial charge in [0.25, 0.3) is 5.56 Å². The normalized spacial score (nSPS) is 15.2. The Morgan fingerprint density at radius 2 is 1.80 bits per heavy atom. The highest BCUT2D eigenvalue weighted by Crippen LogP contribution is 2.21. The van der Waals surface area contributed by atoms with Crippen LogP contribution < -0.4 is 21.5 Å². The number of aromatic nitrogens is 4. The minimum atomic E-state index is -0.419. The van der Waals surface area contributed by atoms with E-state index in [1.165, 1.54) is 23.8 Å². The summed E-state index contributed by atoms with van der Waals surface area (Å²) in [4.78, 5) is 33.6. The molecule has 1 aliphatic heterocycles. The van der Waals surface area contributed by atoms with E-state index in [0.717, 1.165) is 51.5 Å². The maximum Gasteiger partial charge on any atom is 0.329 e. The number of unbranched alkanes of at least 4 members (excludes halogenated alkanes) is 4. The third kappa shape index (κ3) is 3.63. The standard InChI is InChI=1S/C17H28N6O2/c1-3-4-5-6-7-10-23-13-14(21(2)17(25)20-15(13)24)19-16(23)22-11-8-18-9-12-22/h18H,3-12H2,1-2H3,(H,20,24,25). The van der Waals surface area contributed by atoms with Gasteiger partial charge in [-0.15, -0.1) is 0 Å². The van der Waals surface area contributed by atoms with E-state index in [1.807, 2.05) is 4.57 Å². The van der Waals surface area contributed by atoms with Gasteiger partial charge in [-0.3, -0.25) is 14.3 Å². The van der Waals surface area contributed by atoms with Crippen molar-refractivity contribution in [2.24, 2.45) is 7.05 Å². The summed E-state index contributed by atoms with van der Waals surface area (Å²) >= 11 is 0. The number of aromatic amines is 1. The van der Waals surface area contributed by atoms with Gasteiger partial charge in [-0.2, -0.15) is 4.98 Å². The fourth-order valence-electron chi connectivity index (χ4n) is 3.41. The molecule has 8 heteroatoms. The van der Waals surface area contributed by atoms with Gasteiger partial charge in [0.2, 0.25) is 5.95 Å². The monoisotopic (exact) mass is 348 g/mol. The Morgan fingerprint density at radius 1 is 1.08 bits per heavy atom. The first-order chi connectivity index (χ1) is 12.1. The van der Waals surface area contributed by atoms with Gasteiger partial charge < -0.3 is 14.8 Å². The lowest BCUT2D eigenvalue weighted by Gasteiger charge is -2.28. The third-order valence-corrected chi connectivity index (χ3v) is 4.87. The Hall–Kier alpha value is -2.09. The molecule has 1 fully saturated rings. The van der Waals surface area contributed by atoms with Crippen molar-refractivity contribution in [3.8, 4) is 0 Å². The zero-order chi connectivity index (χ0) is 17.8. The zero-order valence-electron chi connectivity index (χ0n) is 15.2. The molecule has 0 radical (unpaired) electrons. The summed E-state index contributed by atoms with van der Waals surface area (Å²) in [6, 6.07) is 0. The number of hydrogen-bond donors (Lipinski definition) is 2. The molecule has 8 nitrogen and oxygen atoms in total. The summed E-state index contributed by atoms with van der Waals surface area (Å²) in [5.41, 5.74) is 0.208. The second-order valence-corrected chi connectivity index (χ2v) is 6.71. The number of aryl methyl sites for hydroxylation is 2. The van der Waals surface area contributed by atoms with Crippen molar-refractivity contribution < 1.29 is 0 Å². The van der Waals surface area contributed by atoms with Gasteiger partial charge in [-0.25, -0.2) is 4.79 Å². The first-order valence-electron chi connectivity index (χ1n) is 9.28. The van der Waals surface area contributed by atoms with Crippen LogP contribution in [0, 0.1) is 0 Å². The first kappa shape index (κ1) is 17.7. The van der Waals surface area contributed by atoms with Gasteiger partial charge >= 0.3 is 5.69 Å². The van der Waals surface area contributed by atoms with Crippen molar-refractivity contribution in [2.75, 3.05) is 31.1 Å². The van der Waals surface area contributed by atoms with Crippen LogP contribution >= 0.6 is 0 Å². The van der Waals surface area contributed by atoms with Crippen LogP contribution in [-0.2, 0) is 13.6 Å². The van der Waals surface area contributed by atoms with Gasteiger partial charge in [0, 0.05) is 39.8 Å². The second kappa shape index (κ2) is 7.86. The van der Waals surface area contributed by atoms with E-state index in [0.29, 0.717) is 11.2 Å². The molecule has 1 aliphatic rings. The summed E-state index contributed by atoms with van der Waals surface area (Å²) < 4.78 is 3.43. The van der Waals surface area contributed by atoms with E-state index in [9.17, 15) is 9.59 Å². The van der Waals surface area contributed by atoms with Gasteiger partial charge in [-0.05, 0) is 6.42 Å². The number of anilines is 1. The average molecular weight is 348 g/mol. The molecular formula is C17H28N6O2. The molecule has 3 rings (SSSR count). The highest BCUT2D eigenvalue weighted by Gasteiger charge is 2.22. The molecular weight excluding hydrogens is 320 g/mol. The van der Waals surface area contributed by atoms with Crippen molar-refractivity contribution in [1.29, 1.82) is 0 Å². The molecule has 3 heterocycles. The van der Waals surface area contributed by atoms with Crippen LogP contribution in [0.4, 0.5) is 5.95 Å². The lowest BCUT2D eigenvalue weighted by atomic mass is 10.1. The van der Waals surface area contributed by atoms with E-state index in [4.69, 9.17) is 0 Å². The van der Waals surface area contributed by atoms with Crippen LogP contribution in [0.15, 0.2) is 9.59 Å². The lowest BCUT2D eigenvalue weighted by Crippen LogP contribution is -2.44. The number of fused-ring (bicyclic) bond motifs is 1. The van der Waals surface area contributed by atoms with Gasteiger partial charge in [0.05, 0.1) is 0 Å². The number of imidazole rings is 1. The fourth-order valence-corrected chi connectivity index (χ4v) is 3.41. The quantitative estimate of drug-likeness (QED) is 0.723. The summed E-state index contributed by atoms with van der Waals surface area (Å²) in [6.45, 7) is 6.45. The zero-order valence-corrected chi connectivity index (χ0v) is 15.2. The Labute approximate surface area is 146 Å². The molecule has 0 amide bonds. The molecule has 0 aliphatic carbocycles. The third-order valence-electron chi connectivity index (χ3n) is 4.87. The minimum Gasteiger partial charge on any atom is -0.340 e. The molecule has 0 spiro atoms. The Balaban J connectivity index is 1.98. The minimum absolute atomic E-state index is 0.347.